The van der Waals surface area contributed by atoms with Crippen LogP contribution < -0.4 is 5.73 Å². The minimum Gasteiger partial charge on any atom is -0.395 e. The second kappa shape index (κ2) is 4.81. The minimum absolute atomic E-state index is 0.0624. The summed E-state index contributed by atoms with van der Waals surface area (Å²) < 4.78 is 0. The van der Waals surface area contributed by atoms with E-state index >= 15 is 0 Å². The molecule has 1 saturated heterocycles. The molecule has 1 fully saturated rings. The molecule has 15 heavy (non-hydrogen) atoms. The third-order valence-electron chi connectivity index (χ3n) is 3.77. The maximum atomic E-state index is 9.52. The van der Waals surface area contributed by atoms with Gasteiger partial charge in [0.05, 0.1) is 6.61 Å². The minimum atomic E-state index is 0.0624. The standard InChI is InChI=1S/C12H26N2O/c1-9(2)11(13)10(8-15)14-7-5-6-12(14,3)4/h9-11,15H,5-8,13H2,1-4H3. The van der Waals surface area contributed by atoms with Crippen molar-refractivity contribution in [3.05, 3.63) is 0 Å². The van der Waals surface area contributed by atoms with Crippen molar-refractivity contribution in [3.8, 4) is 0 Å². The van der Waals surface area contributed by atoms with E-state index in [4.69, 9.17) is 5.73 Å². The monoisotopic (exact) mass is 214 g/mol. The third-order valence-corrected chi connectivity index (χ3v) is 3.77. The molecule has 0 saturated carbocycles. The van der Waals surface area contributed by atoms with Crippen LogP contribution in [0, 0.1) is 5.92 Å². The zero-order chi connectivity index (χ0) is 11.6. The van der Waals surface area contributed by atoms with Gasteiger partial charge >= 0.3 is 0 Å². The third kappa shape index (κ3) is 2.71. The number of likely N-dealkylation sites (tertiary alicyclic amines) is 1. The number of hydrogen-bond acceptors (Lipinski definition) is 3. The first-order chi connectivity index (χ1) is 6.90. The van der Waals surface area contributed by atoms with E-state index in [2.05, 4.69) is 32.6 Å². The number of hydrogen-bond donors (Lipinski definition) is 2. The van der Waals surface area contributed by atoms with Gasteiger partial charge < -0.3 is 10.8 Å². The molecule has 2 atom stereocenters. The van der Waals surface area contributed by atoms with Crippen LogP contribution in [0.1, 0.15) is 40.5 Å². The summed E-state index contributed by atoms with van der Waals surface area (Å²) in [6, 6.07) is 0.176. The summed E-state index contributed by atoms with van der Waals surface area (Å²) >= 11 is 0. The summed E-state index contributed by atoms with van der Waals surface area (Å²) in [6.07, 6.45) is 2.42. The van der Waals surface area contributed by atoms with Gasteiger partial charge in [-0.15, -0.1) is 0 Å². The summed E-state index contributed by atoms with van der Waals surface area (Å²) in [5.41, 5.74) is 6.36. The Labute approximate surface area is 93.6 Å². The van der Waals surface area contributed by atoms with Crippen LogP contribution >= 0.6 is 0 Å². The Morgan fingerprint density at radius 2 is 2.00 bits per heavy atom. The van der Waals surface area contributed by atoms with Gasteiger partial charge in [0, 0.05) is 17.6 Å². The van der Waals surface area contributed by atoms with Crippen LogP contribution in [-0.2, 0) is 0 Å². The van der Waals surface area contributed by atoms with Gasteiger partial charge in [-0.3, -0.25) is 4.90 Å². The summed E-state index contributed by atoms with van der Waals surface area (Å²) in [4.78, 5) is 2.39. The van der Waals surface area contributed by atoms with Crippen molar-refractivity contribution in [2.75, 3.05) is 13.2 Å². The van der Waals surface area contributed by atoms with Crippen LogP contribution in [-0.4, -0.2) is 40.8 Å². The molecule has 0 aromatic heterocycles. The number of aliphatic hydroxyl groups is 1. The van der Waals surface area contributed by atoms with Crippen LogP contribution in [0.15, 0.2) is 0 Å². The molecule has 0 bridgehead atoms. The molecule has 0 aromatic rings. The van der Waals surface area contributed by atoms with Gasteiger partial charge in [-0.2, -0.15) is 0 Å². The van der Waals surface area contributed by atoms with Crippen molar-refractivity contribution < 1.29 is 5.11 Å². The Kier molecular flexibility index (Phi) is 4.15. The van der Waals surface area contributed by atoms with E-state index in [1.807, 2.05) is 0 Å². The van der Waals surface area contributed by atoms with Crippen LogP contribution in [0.5, 0.6) is 0 Å². The molecule has 1 aliphatic rings. The smallest absolute Gasteiger partial charge is 0.0602 e. The van der Waals surface area contributed by atoms with Crippen LogP contribution in [0.25, 0.3) is 0 Å². The molecule has 0 amide bonds. The first-order valence-corrected chi connectivity index (χ1v) is 6.03. The lowest BCUT2D eigenvalue weighted by molar-refractivity contribution is 0.0464. The average molecular weight is 214 g/mol. The Balaban J connectivity index is 2.74. The van der Waals surface area contributed by atoms with E-state index in [0.717, 1.165) is 6.54 Å². The number of nitrogens with two attached hydrogens (primary N) is 1. The summed E-state index contributed by atoms with van der Waals surface area (Å²) in [6.45, 7) is 9.97. The summed E-state index contributed by atoms with van der Waals surface area (Å²) in [5, 5.41) is 9.52. The molecule has 1 aliphatic heterocycles. The van der Waals surface area contributed by atoms with Crippen molar-refractivity contribution in [2.24, 2.45) is 11.7 Å². The maximum absolute atomic E-state index is 9.52. The fourth-order valence-corrected chi connectivity index (χ4v) is 2.62. The van der Waals surface area contributed by atoms with Gasteiger partial charge in [-0.25, -0.2) is 0 Å². The average Bonchev–Trinajstić information content (AvgIpc) is 2.47. The predicted molar refractivity (Wildman–Crippen MR) is 63.7 cm³/mol. The highest BCUT2D eigenvalue weighted by atomic mass is 16.3. The lowest BCUT2D eigenvalue weighted by atomic mass is 9.93. The van der Waals surface area contributed by atoms with Gasteiger partial charge in [0.1, 0.15) is 0 Å². The highest BCUT2D eigenvalue weighted by molar-refractivity contribution is 4.96. The summed E-state index contributed by atoms with van der Waals surface area (Å²) in [7, 11) is 0. The normalized spacial score (nSPS) is 25.8. The number of rotatable bonds is 4. The van der Waals surface area contributed by atoms with Gasteiger partial charge in [0.2, 0.25) is 0 Å². The second-order valence-corrected chi connectivity index (χ2v) is 5.68. The van der Waals surface area contributed by atoms with E-state index in [1.165, 1.54) is 12.8 Å². The molecular weight excluding hydrogens is 188 g/mol. The van der Waals surface area contributed by atoms with E-state index in [9.17, 15) is 5.11 Å². The fourth-order valence-electron chi connectivity index (χ4n) is 2.62. The lowest BCUT2D eigenvalue weighted by Crippen LogP contribution is -2.56. The molecule has 0 spiro atoms. The molecule has 90 valence electrons. The maximum Gasteiger partial charge on any atom is 0.0602 e. The van der Waals surface area contributed by atoms with E-state index in [-0.39, 0.29) is 24.2 Å². The van der Waals surface area contributed by atoms with Crippen molar-refractivity contribution >= 4 is 0 Å². The predicted octanol–water partition coefficient (Wildman–Crippen LogP) is 1.20. The zero-order valence-corrected chi connectivity index (χ0v) is 10.5. The van der Waals surface area contributed by atoms with Crippen molar-refractivity contribution in [2.45, 2.75) is 58.2 Å². The van der Waals surface area contributed by atoms with Gasteiger partial charge in [-0.1, -0.05) is 13.8 Å². The molecule has 2 unspecified atom stereocenters. The first-order valence-electron chi connectivity index (χ1n) is 6.03. The molecule has 0 aromatic carbocycles. The van der Waals surface area contributed by atoms with E-state index in [1.54, 1.807) is 0 Å². The Morgan fingerprint density at radius 3 is 2.33 bits per heavy atom. The quantitative estimate of drug-likeness (QED) is 0.739. The number of nitrogens with zero attached hydrogens (tertiary/aromatic N) is 1. The molecule has 0 aliphatic carbocycles. The molecular formula is C12H26N2O. The topological polar surface area (TPSA) is 49.5 Å². The van der Waals surface area contributed by atoms with Crippen molar-refractivity contribution in [1.29, 1.82) is 0 Å². The summed E-state index contributed by atoms with van der Waals surface area (Å²) in [5.74, 6) is 0.415. The SMILES string of the molecule is CC(C)C(N)C(CO)N1CCCC1(C)C. The Morgan fingerprint density at radius 1 is 1.40 bits per heavy atom. The largest absolute Gasteiger partial charge is 0.395 e. The van der Waals surface area contributed by atoms with Gasteiger partial charge in [0.15, 0.2) is 0 Å². The highest BCUT2D eigenvalue weighted by Crippen LogP contribution is 2.31. The lowest BCUT2D eigenvalue weighted by Gasteiger charge is -2.41. The molecule has 1 rings (SSSR count). The molecule has 1 heterocycles. The van der Waals surface area contributed by atoms with E-state index < -0.39 is 0 Å². The van der Waals surface area contributed by atoms with Gasteiger partial charge in [-0.05, 0) is 39.2 Å². The molecule has 3 N–H and O–H groups in total. The molecule has 0 radical (unpaired) electrons. The van der Waals surface area contributed by atoms with Gasteiger partial charge in [0.25, 0.3) is 0 Å². The van der Waals surface area contributed by atoms with Crippen LogP contribution in [0.2, 0.25) is 0 Å². The van der Waals surface area contributed by atoms with Crippen molar-refractivity contribution in [3.63, 3.8) is 0 Å². The van der Waals surface area contributed by atoms with Crippen LogP contribution in [0.3, 0.4) is 0 Å². The fraction of sp³-hybridized carbons (Fsp3) is 1.00. The Hall–Kier alpha value is -0.120. The first kappa shape index (κ1) is 12.9. The highest BCUT2D eigenvalue weighted by Gasteiger charge is 2.39. The second-order valence-electron chi connectivity index (χ2n) is 5.68. The van der Waals surface area contributed by atoms with Crippen molar-refractivity contribution in [1.82, 2.24) is 4.90 Å². The zero-order valence-electron chi connectivity index (χ0n) is 10.5. The molecule has 3 nitrogen and oxygen atoms in total. The van der Waals surface area contributed by atoms with E-state index in [0.29, 0.717) is 5.92 Å². The van der Waals surface area contributed by atoms with Crippen LogP contribution in [0.4, 0.5) is 0 Å². The Bertz CT molecular complexity index is 204. The molecule has 3 heteroatoms. The number of aliphatic hydroxyl groups excluding tert-OH is 1.